The largest absolute Gasteiger partial charge is 0.373 e. The number of nitrogens with one attached hydrogen (secondary N) is 2. The van der Waals surface area contributed by atoms with Gasteiger partial charge in [-0.1, -0.05) is 35.5 Å². The molecule has 150 valence electrons. The second-order valence-electron chi connectivity index (χ2n) is 7.76. The van der Waals surface area contributed by atoms with Gasteiger partial charge >= 0.3 is 0 Å². The third kappa shape index (κ3) is 4.10. The number of carbonyl (C=O) groups excluding carboxylic acids is 1. The zero-order valence-electron chi connectivity index (χ0n) is 16.4. The van der Waals surface area contributed by atoms with Crippen molar-refractivity contribution >= 4 is 5.91 Å². The SMILES string of the molecule is Cc1c(C(=O)NCC2CCCOC2c2ccccc2)nnn1C1CCNCC1. The van der Waals surface area contributed by atoms with Crippen LogP contribution in [0.15, 0.2) is 30.3 Å². The molecule has 1 amide bonds. The van der Waals surface area contributed by atoms with Crippen molar-refractivity contribution in [1.82, 2.24) is 25.6 Å². The van der Waals surface area contributed by atoms with E-state index in [2.05, 4.69) is 33.1 Å². The van der Waals surface area contributed by atoms with Crippen molar-refractivity contribution < 1.29 is 9.53 Å². The average Bonchev–Trinajstić information content (AvgIpc) is 3.15. The summed E-state index contributed by atoms with van der Waals surface area (Å²) >= 11 is 0. The van der Waals surface area contributed by atoms with Gasteiger partial charge in [-0.3, -0.25) is 4.79 Å². The summed E-state index contributed by atoms with van der Waals surface area (Å²) in [6.07, 6.45) is 4.13. The van der Waals surface area contributed by atoms with Crippen LogP contribution in [0.3, 0.4) is 0 Å². The third-order valence-electron chi connectivity index (χ3n) is 5.89. The fourth-order valence-corrected chi connectivity index (χ4v) is 4.32. The van der Waals surface area contributed by atoms with Crippen molar-refractivity contribution in [3.05, 3.63) is 47.3 Å². The van der Waals surface area contributed by atoms with Gasteiger partial charge in [0.25, 0.3) is 5.91 Å². The van der Waals surface area contributed by atoms with Crippen molar-refractivity contribution in [2.45, 2.75) is 44.8 Å². The summed E-state index contributed by atoms with van der Waals surface area (Å²) in [6.45, 7) is 5.25. The monoisotopic (exact) mass is 383 g/mol. The highest BCUT2D eigenvalue weighted by Gasteiger charge is 2.29. The van der Waals surface area contributed by atoms with Crippen molar-refractivity contribution in [2.24, 2.45) is 5.92 Å². The maximum atomic E-state index is 12.8. The van der Waals surface area contributed by atoms with Gasteiger partial charge in [0.2, 0.25) is 0 Å². The van der Waals surface area contributed by atoms with E-state index >= 15 is 0 Å². The Bertz CT molecular complexity index is 785. The highest BCUT2D eigenvalue weighted by Crippen LogP contribution is 2.33. The number of ether oxygens (including phenoxy) is 1. The first kappa shape index (κ1) is 19.1. The third-order valence-corrected chi connectivity index (χ3v) is 5.89. The Balaban J connectivity index is 1.40. The van der Waals surface area contributed by atoms with E-state index in [9.17, 15) is 4.79 Å². The van der Waals surface area contributed by atoms with E-state index in [1.165, 1.54) is 5.56 Å². The van der Waals surface area contributed by atoms with Gasteiger partial charge in [0.15, 0.2) is 5.69 Å². The van der Waals surface area contributed by atoms with Crippen LogP contribution in [-0.2, 0) is 4.74 Å². The number of rotatable bonds is 5. The van der Waals surface area contributed by atoms with Gasteiger partial charge in [0.1, 0.15) is 0 Å². The van der Waals surface area contributed by atoms with Crippen LogP contribution in [0.4, 0.5) is 0 Å². The molecule has 0 bridgehead atoms. The number of benzene rings is 1. The summed E-state index contributed by atoms with van der Waals surface area (Å²) in [4.78, 5) is 12.8. The Morgan fingerprint density at radius 3 is 2.82 bits per heavy atom. The van der Waals surface area contributed by atoms with Crippen LogP contribution in [0.25, 0.3) is 0 Å². The Morgan fingerprint density at radius 2 is 2.04 bits per heavy atom. The minimum Gasteiger partial charge on any atom is -0.373 e. The predicted octanol–water partition coefficient (Wildman–Crippen LogP) is 2.41. The lowest BCUT2D eigenvalue weighted by atomic mass is 9.89. The molecule has 2 fully saturated rings. The number of aromatic nitrogens is 3. The van der Waals surface area contributed by atoms with Crippen LogP contribution in [0.1, 0.15) is 59.6 Å². The van der Waals surface area contributed by atoms with Crippen LogP contribution in [0, 0.1) is 12.8 Å². The molecule has 2 aliphatic heterocycles. The molecular weight excluding hydrogens is 354 g/mol. The van der Waals surface area contributed by atoms with E-state index in [1.807, 2.05) is 29.8 Å². The normalized spacial score (nSPS) is 23.5. The molecular formula is C21H29N5O2. The first-order valence-electron chi connectivity index (χ1n) is 10.3. The number of piperidine rings is 1. The average molecular weight is 383 g/mol. The van der Waals surface area contributed by atoms with E-state index in [4.69, 9.17) is 4.74 Å². The first-order valence-corrected chi connectivity index (χ1v) is 10.3. The van der Waals surface area contributed by atoms with Gasteiger partial charge in [-0.25, -0.2) is 4.68 Å². The van der Waals surface area contributed by atoms with E-state index in [-0.39, 0.29) is 17.9 Å². The van der Waals surface area contributed by atoms with Crippen LogP contribution in [-0.4, -0.2) is 47.1 Å². The Labute approximate surface area is 165 Å². The van der Waals surface area contributed by atoms with Crippen molar-refractivity contribution in [2.75, 3.05) is 26.2 Å². The number of hydrogen-bond acceptors (Lipinski definition) is 5. The lowest BCUT2D eigenvalue weighted by molar-refractivity contribution is -0.0272. The van der Waals surface area contributed by atoms with Crippen molar-refractivity contribution in [3.8, 4) is 0 Å². The van der Waals surface area contributed by atoms with Gasteiger partial charge < -0.3 is 15.4 Å². The summed E-state index contributed by atoms with van der Waals surface area (Å²) in [7, 11) is 0. The number of hydrogen-bond donors (Lipinski definition) is 2. The predicted molar refractivity (Wildman–Crippen MR) is 106 cm³/mol. The maximum Gasteiger partial charge on any atom is 0.273 e. The lowest BCUT2D eigenvalue weighted by Gasteiger charge is -2.32. The molecule has 3 heterocycles. The molecule has 2 unspecified atom stereocenters. The topological polar surface area (TPSA) is 81.1 Å². The van der Waals surface area contributed by atoms with E-state index in [0.29, 0.717) is 18.3 Å². The van der Waals surface area contributed by atoms with E-state index in [0.717, 1.165) is 51.1 Å². The Morgan fingerprint density at radius 1 is 1.25 bits per heavy atom. The minimum atomic E-state index is -0.143. The summed E-state index contributed by atoms with van der Waals surface area (Å²) in [5.41, 5.74) is 2.46. The molecule has 2 saturated heterocycles. The molecule has 4 rings (SSSR count). The first-order chi connectivity index (χ1) is 13.7. The highest BCUT2D eigenvalue weighted by molar-refractivity contribution is 5.93. The Hall–Kier alpha value is -2.25. The number of carbonyl (C=O) groups is 1. The fourth-order valence-electron chi connectivity index (χ4n) is 4.32. The lowest BCUT2D eigenvalue weighted by Crippen LogP contribution is -2.35. The molecule has 2 atom stereocenters. The molecule has 7 nitrogen and oxygen atoms in total. The smallest absolute Gasteiger partial charge is 0.273 e. The van der Waals surface area contributed by atoms with E-state index in [1.54, 1.807) is 0 Å². The van der Waals surface area contributed by atoms with Gasteiger partial charge in [-0.05, 0) is 51.3 Å². The molecule has 0 radical (unpaired) electrons. The summed E-state index contributed by atoms with van der Waals surface area (Å²) in [6, 6.07) is 10.6. The quantitative estimate of drug-likeness (QED) is 0.829. The fraction of sp³-hybridized carbons (Fsp3) is 0.571. The molecule has 2 aromatic rings. The number of nitrogens with zero attached hydrogens (tertiary/aromatic N) is 3. The highest BCUT2D eigenvalue weighted by atomic mass is 16.5. The van der Waals surface area contributed by atoms with Gasteiger partial charge in [-0.2, -0.15) is 0 Å². The minimum absolute atomic E-state index is 0.0294. The summed E-state index contributed by atoms with van der Waals surface area (Å²) in [5.74, 6) is 0.120. The molecule has 2 aliphatic rings. The summed E-state index contributed by atoms with van der Waals surface area (Å²) in [5, 5.41) is 14.9. The zero-order valence-corrected chi connectivity index (χ0v) is 16.4. The second-order valence-corrected chi connectivity index (χ2v) is 7.76. The van der Waals surface area contributed by atoms with Crippen molar-refractivity contribution in [1.29, 1.82) is 0 Å². The van der Waals surface area contributed by atoms with Crippen LogP contribution in [0.2, 0.25) is 0 Å². The standard InChI is InChI=1S/C21H29N5O2/c1-15-19(24-25-26(15)18-9-11-22-12-10-18)21(27)23-14-17-8-5-13-28-20(17)16-6-3-2-4-7-16/h2-4,6-7,17-18,20,22H,5,8-14H2,1H3,(H,23,27). The van der Waals surface area contributed by atoms with Gasteiger partial charge in [0.05, 0.1) is 17.8 Å². The van der Waals surface area contributed by atoms with Crippen LogP contribution in [0.5, 0.6) is 0 Å². The molecule has 2 N–H and O–H groups in total. The molecule has 1 aromatic carbocycles. The summed E-state index contributed by atoms with van der Waals surface area (Å²) < 4.78 is 7.96. The second kappa shape index (κ2) is 8.84. The molecule has 1 aromatic heterocycles. The number of amides is 1. The maximum absolute atomic E-state index is 12.8. The Kier molecular flexibility index (Phi) is 6.02. The van der Waals surface area contributed by atoms with Gasteiger partial charge in [0, 0.05) is 19.1 Å². The molecule has 7 heteroatoms. The van der Waals surface area contributed by atoms with Crippen molar-refractivity contribution in [3.63, 3.8) is 0 Å². The van der Waals surface area contributed by atoms with E-state index < -0.39 is 0 Å². The molecule has 0 spiro atoms. The van der Waals surface area contributed by atoms with Gasteiger partial charge in [-0.15, -0.1) is 5.10 Å². The zero-order chi connectivity index (χ0) is 19.3. The van der Waals surface area contributed by atoms with Crippen LogP contribution >= 0.6 is 0 Å². The molecule has 0 aliphatic carbocycles. The molecule has 0 saturated carbocycles. The molecule has 28 heavy (non-hydrogen) atoms. The van der Waals surface area contributed by atoms with Crippen LogP contribution < -0.4 is 10.6 Å².